The minimum atomic E-state index is -0.385. The summed E-state index contributed by atoms with van der Waals surface area (Å²) in [4.78, 5) is 12.9. The molecule has 0 atom stereocenters. The smallest absolute Gasteiger partial charge is 0.270 e. The number of halogens is 1. The SMILES string of the molecule is C/C(=N/N1CCN(Cc2ccccc2Cl)CC1)c1cccc([N+](=O)[O-])c1. The minimum Gasteiger partial charge on any atom is -0.295 e. The van der Waals surface area contributed by atoms with Gasteiger partial charge in [0, 0.05) is 55.4 Å². The Morgan fingerprint density at radius 3 is 2.58 bits per heavy atom. The van der Waals surface area contributed by atoms with Crippen LogP contribution in [0.1, 0.15) is 18.1 Å². The molecule has 3 rings (SSSR count). The predicted octanol–water partition coefficient (Wildman–Crippen LogP) is 3.79. The van der Waals surface area contributed by atoms with Crippen LogP contribution in [0.15, 0.2) is 53.6 Å². The summed E-state index contributed by atoms with van der Waals surface area (Å²) in [6.07, 6.45) is 0. The van der Waals surface area contributed by atoms with Crippen LogP contribution in [-0.4, -0.2) is 46.7 Å². The Morgan fingerprint density at radius 1 is 1.15 bits per heavy atom. The summed E-state index contributed by atoms with van der Waals surface area (Å²) in [5, 5.41) is 18.4. The van der Waals surface area contributed by atoms with E-state index in [-0.39, 0.29) is 10.6 Å². The molecule has 0 aromatic heterocycles. The number of hydrazone groups is 1. The molecule has 1 aliphatic heterocycles. The summed E-state index contributed by atoms with van der Waals surface area (Å²) < 4.78 is 0. The molecule has 0 radical (unpaired) electrons. The number of benzene rings is 2. The second-order valence-corrected chi connectivity index (χ2v) is 6.72. The van der Waals surface area contributed by atoms with Crippen LogP contribution in [0.5, 0.6) is 0 Å². The summed E-state index contributed by atoms with van der Waals surface area (Å²) >= 11 is 6.24. The van der Waals surface area contributed by atoms with Crippen molar-refractivity contribution in [2.45, 2.75) is 13.5 Å². The summed E-state index contributed by atoms with van der Waals surface area (Å²) in [6, 6.07) is 14.5. The number of nitrogens with zero attached hydrogens (tertiary/aromatic N) is 4. The van der Waals surface area contributed by atoms with E-state index in [1.165, 1.54) is 6.07 Å². The molecule has 0 spiro atoms. The van der Waals surface area contributed by atoms with Gasteiger partial charge < -0.3 is 0 Å². The molecular formula is C19H21ClN4O2. The first-order valence-corrected chi connectivity index (χ1v) is 8.91. The Kier molecular flexibility index (Phi) is 5.85. The third kappa shape index (κ3) is 4.59. The van der Waals surface area contributed by atoms with Crippen molar-refractivity contribution < 1.29 is 4.92 Å². The number of hydrogen-bond acceptors (Lipinski definition) is 5. The summed E-state index contributed by atoms with van der Waals surface area (Å²) in [6.45, 7) is 6.15. The van der Waals surface area contributed by atoms with Gasteiger partial charge in [-0.05, 0) is 18.6 Å². The number of piperazine rings is 1. The molecule has 6 nitrogen and oxygen atoms in total. The standard InChI is InChI=1S/C19H21ClN4O2/c1-15(16-6-4-7-18(13-16)24(25)26)21-23-11-9-22(10-12-23)14-17-5-2-3-8-19(17)20/h2-8,13H,9-12,14H2,1H3/b21-15-. The van der Waals surface area contributed by atoms with Crippen LogP contribution < -0.4 is 0 Å². The Labute approximate surface area is 157 Å². The highest BCUT2D eigenvalue weighted by atomic mass is 35.5. The monoisotopic (exact) mass is 372 g/mol. The third-order valence-corrected chi connectivity index (χ3v) is 4.84. The van der Waals surface area contributed by atoms with Crippen LogP contribution in [-0.2, 0) is 6.54 Å². The van der Waals surface area contributed by atoms with E-state index in [1.807, 2.05) is 36.2 Å². The lowest BCUT2D eigenvalue weighted by Crippen LogP contribution is -2.43. The highest BCUT2D eigenvalue weighted by molar-refractivity contribution is 6.31. The zero-order chi connectivity index (χ0) is 18.5. The van der Waals surface area contributed by atoms with Gasteiger partial charge in [-0.3, -0.25) is 20.0 Å². The average Bonchev–Trinajstić information content (AvgIpc) is 2.65. The quantitative estimate of drug-likeness (QED) is 0.455. The van der Waals surface area contributed by atoms with Crippen LogP contribution in [0, 0.1) is 10.1 Å². The first-order chi connectivity index (χ1) is 12.5. The number of hydrogen-bond donors (Lipinski definition) is 0. The van der Waals surface area contributed by atoms with Gasteiger partial charge in [-0.15, -0.1) is 0 Å². The fraction of sp³-hybridized carbons (Fsp3) is 0.316. The van der Waals surface area contributed by atoms with Crippen LogP contribution in [0.2, 0.25) is 5.02 Å². The van der Waals surface area contributed by atoms with Gasteiger partial charge in [0.25, 0.3) is 5.69 Å². The molecule has 2 aromatic rings. The zero-order valence-electron chi connectivity index (χ0n) is 14.6. The molecular weight excluding hydrogens is 352 g/mol. The molecule has 136 valence electrons. The fourth-order valence-corrected chi connectivity index (χ4v) is 3.17. The second kappa shape index (κ2) is 8.29. The van der Waals surface area contributed by atoms with Crippen LogP contribution in [0.4, 0.5) is 5.69 Å². The van der Waals surface area contributed by atoms with E-state index in [0.717, 1.165) is 54.6 Å². The maximum absolute atomic E-state index is 10.9. The number of nitro benzene ring substituents is 1. The Hall–Kier alpha value is -2.44. The van der Waals surface area contributed by atoms with Crippen molar-refractivity contribution in [3.63, 3.8) is 0 Å². The molecule has 1 heterocycles. The highest BCUT2D eigenvalue weighted by Gasteiger charge is 2.17. The van der Waals surface area contributed by atoms with Crippen molar-refractivity contribution in [2.75, 3.05) is 26.2 Å². The number of rotatable bonds is 5. The van der Waals surface area contributed by atoms with Crippen molar-refractivity contribution in [3.05, 3.63) is 74.8 Å². The number of nitro groups is 1. The molecule has 1 fully saturated rings. The van der Waals surface area contributed by atoms with Gasteiger partial charge in [0.05, 0.1) is 10.6 Å². The summed E-state index contributed by atoms with van der Waals surface area (Å²) in [5.41, 5.74) is 2.78. The van der Waals surface area contributed by atoms with Crippen molar-refractivity contribution in [1.82, 2.24) is 9.91 Å². The third-order valence-electron chi connectivity index (χ3n) is 4.47. The van der Waals surface area contributed by atoms with Gasteiger partial charge >= 0.3 is 0 Å². The maximum Gasteiger partial charge on any atom is 0.270 e. The van der Waals surface area contributed by atoms with Crippen molar-refractivity contribution in [1.29, 1.82) is 0 Å². The van der Waals surface area contributed by atoms with Gasteiger partial charge in [0.15, 0.2) is 0 Å². The molecule has 2 aromatic carbocycles. The van der Waals surface area contributed by atoms with Crippen molar-refractivity contribution in [3.8, 4) is 0 Å². The molecule has 0 amide bonds. The molecule has 0 N–H and O–H groups in total. The first-order valence-electron chi connectivity index (χ1n) is 8.53. The normalized spacial score (nSPS) is 15.9. The lowest BCUT2D eigenvalue weighted by atomic mass is 10.1. The fourth-order valence-electron chi connectivity index (χ4n) is 2.98. The molecule has 0 bridgehead atoms. The molecule has 26 heavy (non-hydrogen) atoms. The van der Waals surface area contributed by atoms with Crippen LogP contribution >= 0.6 is 11.6 Å². The Morgan fingerprint density at radius 2 is 1.88 bits per heavy atom. The van der Waals surface area contributed by atoms with Crippen molar-refractivity contribution >= 4 is 23.0 Å². The summed E-state index contributed by atoms with van der Waals surface area (Å²) in [5.74, 6) is 0. The molecule has 0 aliphatic carbocycles. The topological polar surface area (TPSA) is 62.0 Å². The molecule has 1 saturated heterocycles. The predicted molar refractivity (Wildman–Crippen MR) is 104 cm³/mol. The van der Waals surface area contributed by atoms with E-state index < -0.39 is 0 Å². The maximum atomic E-state index is 10.9. The van der Waals surface area contributed by atoms with Crippen LogP contribution in [0.25, 0.3) is 0 Å². The highest BCUT2D eigenvalue weighted by Crippen LogP contribution is 2.18. The van der Waals surface area contributed by atoms with E-state index in [0.29, 0.717) is 0 Å². The molecule has 7 heteroatoms. The molecule has 1 aliphatic rings. The Balaban J connectivity index is 1.59. The molecule has 0 unspecified atom stereocenters. The zero-order valence-corrected chi connectivity index (χ0v) is 15.4. The van der Waals surface area contributed by atoms with Crippen molar-refractivity contribution in [2.24, 2.45) is 5.10 Å². The first kappa shape index (κ1) is 18.4. The minimum absolute atomic E-state index is 0.0848. The van der Waals surface area contributed by atoms with E-state index in [2.05, 4.69) is 16.1 Å². The van der Waals surface area contributed by atoms with Gasteiger partial charge in [-0.1, -0.05) is 41.9 Å². The average molecular weight is 373 g/mol. The van der Waals surface area contributed by atoms with Gasteiger partial charge in [-0.25, -0.2) is 0 Å². The van der Waals surface area contributed by atoms with E-state index >= 15 is 0 Å². The van der Waals surface area contributed by atoms with E-state index in [9.17, 15) is 10.1 Å². The largest absolute Gasteiger partial charge is 0.295 e. The van der Waals surface area contributed by atoms with E-state index in [1.54, 1.807) is 12.1 Å². The van der Waals surface area contributed by atoms with Crippen LogP contribution in [0.3, 0.4) is 0 Å². The lowest BCUT2D eigenvalue weighted by molar-refractivity contribution is -0.384. The molecule has 0 saturated carbocycles. The van der Waals surface area contributed by atoms with E-state index in [4.69, 9.17) is 11.6 Å². The summed E-state index contributed by atoms with van der Waals surface area (Å²) in [7, 11) is 0. The second-order valence-electron chi connectivity index (χ2n) is 6.31. The van der Waals surface area contributed by atoms with Gasteiger partial charge in [0.1, 0.15) is 0 Å². The number of non-ortho nitro benzene ring substituents is 1. The van der Waals surface area contributed by atoms with Gasteiger partial charge in [0.2, 0.25) is 0 Å². The van der Waals surface area contributed by atoms with Gasteiger partial charge in [-0.2, -0.15) is 5.10 Å². The Bertz CT molecular complexity index is 817. The lowest BCUT2D eigenvalue weighted by Gasteiger charge is -2.33.